The highest BCUT2D eigenvalue weighted by Gasteiger charge is 2.27. The highest BCUT2D eigenvalue weighted by Crippen LogP contribution is 2.21. The van der Waals surface area contributed by atoms with Crippen LogP contribution in [0.25, 0.3) is 0 Å². The minimum atomic E-state index is -2.96. The average Bonchev–Trinajstić information content (AvgIpc) is 2.85. The molecule has 1 aliphatic heterocycles. The van der Waals surface area contributed by atoms with Gasteiger partial charge in [0.25, 0.3) is 0 Å². The predicted octanol–water partition coefficient (Wildman–Crippen LogP) is 1.68. The highest BCUT2D eigenvalue weighted by molar-refractivity contribution is 7.91. The molecule has 0 aliphatic carbocycles. The maximum absolute atomic E-state index is 11.8. The van der Waals surface area contributed by atoms with Crippen molar-refractivity contribution in [3.63, 3.8) is 0 Å². The van der Waals surface area contributed by atoms with Crippen LogP contribution in [0.5, 0.6) is 0 Å². The van der Waals surface area contributed by atoms with E-state index in [-0.39, 0.29) is 34.6 Å². The number of ether oxygens (including phenoxy) is 1. The second-order valence-electron chi connectivity index (χ2n) is 5.29. The van der Waals surface area contributed by atoms with Crippen molar-refractivity contribution < 1.29 is 22.7 Å². The van der Waals surface area contributed by atoms with Crippen LogP contribution in [0.4, 0.5) is 10.5 Å². The van der Waals surface area contributed by atoms with Crippen molar-refractivity contribution in [2.45, 2.75) is 6.42 Å². The Bertz CT molecular complexity index is 720. The van der Waals surface area contributed by atoms with Gasteiger partial charge in [0.15, 0.2) is 9.84 Å². The van der Waals surface area contributed by atoms with Gasteiger partial charge in [0, 0.05) is 12.2 Å². The summed E-state index contributed by atoms with van der Waals surface area (Å²) in [6.07, 6.45) is 0.552. The molecule has 1 saturated heterocycles. The number of carbonyl (C=O) groups is 2. The van der Waals surface area contributed by atoms with E-state index in [2.05, 4.69) is 15.4 Å². The number of benzene rings is 1. The number of rotatable bonds is 4. The van der Waals surface area contributed by atoms with Crippen molar-refractivity contribution in [3.8, 4) is 0 Å². The number of halogens is 1. The summed E-state index contributed by atoms with van der Waals surface area (Å²) < 4.78 is 27.3. The van der Waals surface area contributed by atoms with Gasteiger partial charge in [-0.2, -0.15) is 0 Å². The molecule has 1 heterocycles. The van der Waals surface area contributed by atoms with Crippen molar-refractivity contribution in [1.29, 1.82) is 0 Å². The Morgan fingerprint density at radius 3 is 2.74 bits per heavy atom. The maximum atomic E-state index is 11.8. The molecule has 0 saturated carbocycles. The van der Waals surface area contributed by atoms with Crippen molar-refractivity contribution in [3.05, 3.63) is 28.8 Å². The van der Waals surface area contributed by atoms with Crippen LogP contribution < -0.4 is 10.6 Å². The van der Waals surface area contributed by atoms with Crippen LogP contribution in [-0.4, -0.2) is 45.6 Å². The first-order valence-electron chi connectivity index (χ1n) is 6.94. The number of esters is 1. The summed E-state index contributed by atoms with van der Waals surface area (Å²) in [4.78, 5) is 23.4. The molecule has 1 aliphatic rings. The summed E-state index contributed by atoms with van der Waals surface area (Å²) in [7, 11) is -1.73. The molecule has 7 nitrogen and oxygen atoms in total. The van der Waals surface area contributed by atoms with Crippen LogP contribution in [0, 0.1) is 5.92 Å². The van der Waals surface area contributed by atoms with Gasteiger partial charge in [0.2, 0.25) is 0 Å². The van der Waals surface area contributed by atoms with Crippen molar-refractivity contribution in [1.82, 2.24) is 5.32 Å². The fourth-order valence-corrected chi connectivity index (χ4v) is 4.37. The molecule has 0 spiro atoms. The van der Waals surface area contributed by atoms with Crippen molar-refractivity contribution >= 4 is 39.1 Å². The number of methoxy groups -OCH3 is 1. The zero-order valence-electron chi connectivity index (χ0n) is 12.5. The zero-order valence-corrected chi connectivity index (χ0v) is 14.0. The third-order valence-electron chi connectivity index (χ3n) is 3.51. The lowest BCUT2D eigenvalue weighted by atomic mass is 10.1. The summed E-state index contributed by atoms with van der Waals surface area (Å²) >= 11 is 5.89. The van der Waals surface area contributed by atoms with E-state index in [9.17, 15) is 18.0 Å². The molecule has 0 bridgehead atoms. The Kier molecular flexibility index (Phi) is 5.48. The van der Waals surface area contributed by atoms with Gasteiger partial charge in [-0.1, -0.05) is 11.6 Å². The molecule has 23 heavy (non-hydrogen) atoms. The first-order valence-corrected chi connectivity index (χ1v) is 9.14. The van der Waals surface area contributed by atoms with Gasteiger partial charge in [-0.3, -0.25) is 0 Å². The smallest absolute Gasteiger partial charge is 0.339 e. The van der Waals surface area contributed by atoms with E-state index >= 15 is 0 Å². The highest BCUT2D eigenvalue weighted by atomic mass is 35.5. The SMILES string of the molecule is COC(=O)c1cc(NC(=O)NC[C@@H]2CCS(=O)(=O)C2)ccc1Cl. The van der Waals surface area contributed by atoms with Gasteiger partial charge in [-0.05, 0) is 30.5 Å². The van der Waals surface area contributed by atoms with Crippen molar-refractivity contribution in [2.24, 2.45) is 5.92 Å². The average molecular weight is 361 g/mol. The Morgan fingerprint density at radius 2 is 2.13 bits per heavy atom. The predicted molar refractivity (Wildman–Crippen MR) is 86.6 cm³/mol. The molecule has 1 fully saturated rings. The molecule has 0 unspecified atom stereocenters. The largest absolute Gasteiger partial charge is 0.465 e. The zero-order chi connectivity index (χ0) is 17.0. The first-order chi connectivity index (χ1) is 10.8. The number of nitrogens with one attached hydrogen (secondary N) is 2. The van der Waals surface area contributed by atoms with Gasteiger partial charge in [-0.25, -0.2) is 18.0 Å². The topological polar surface area (TPSA) is 102 Å². The van der Waals surface area contributed by atoms with E-state index in [4.69, 9.17) is 11.6 Å². The summed E-state index contributed by atoms with van der Waals surface area (Å²) in [6.45, 7) is 0.280. The standard InChI is InChI=1S/C14H17ClN2O5S/c1-22-13(18)11-6-10(2-3-12(11)15)17-14(19)16-7-9-4-5-23(20,21)8-9/h2-3,6,9H,4-5,7-8H2,1H3,(H2,16,17,19)/t9-/m0/s1. The van der Waals surface area contributed by atoms with Gasteiger partial charge in [0.1, 0.15) is 0 Å². The number of hydrogen-bond acceptors (Lipinski definition) is 5. The number of sulfone groups is 1. The monoisotopic (exact) mass is 360 g/mol. The van der Waals surface area contributed by atoms with E-state index in [0.29, 0.717) is 12.1 Å². The lowest BCUT2D eigenvalue weighted by Crippen LogP contribution is -2.33. The molecule has 2 rings (SSSR count). The number of carbonyl (C=O) groups excluding carboxylic acids is 2. The van der Waals surface area contributed by atoms with Gasteiger partial charge >= 0.3 is 12.0 Å². The molecule has 2 amide bonds. The molecule has 9 heteroatoms. The van der Waals surface area contributed by atoms with E-state index in [1.165, 1.54) is 19.2 Å². The molecular formula is C14H17ClN2O5S. The number of anilines is 1. The Morgan fingerprint density at radius 1 is 1.39 bits per heavy atom. The quantitative estimate of drug-likeness (QED) is 0.795. The fourth-order valence-electron chi connectivity index (χ4n) is 2.31. The summed E-state index contributed by atoms with van der Waals surface area (Å²) in [5.41, 5.74) is 0.528. The number of amides is 2. The number of urea groups is 1. The Labute approximate surface area is 139 Å². The third-order valence-corrected chi connectivity index (χ3v) is 5.67. The minimum absolute atomic E-state index is 0.0680. The molecule has 2 N–H and O–H groups in total. The lowest BCUT2D eigenvalue weighted by molar-refractivity contribution is 0.0601. The third kappa shape index (κ3) is 4.84. The maximum Gasteiger partial charge on any atom is 0.339 e. The Balaban J connectivity index is 1.92. The van der Waals surface area contributed by atoms with E-state index in [0.717, 1.165) is 0 Å². The number of hydrogen-bond donors (Lipinski definition) is 2. The molecular weight excluding hydrogens is 344 g/mol. The van der Waals surface area contributed by atoms with Crippen LogP contribution in [0.15, 0.2) is 18.2 Å². The van der Waals surface area contributed by atoms with Gasteiger partial charge in [0.05, 0.1) is 29.2 Å². The van der Waals surface area contributed by atoms with Crippen LogP contribution in [0.2, 0.25) is 5.02 Å². The Hall–Kier alpha value is -1.80. The van der Waals surface area contributed by atoms with Gasteiger partial charge in [-0.15, -0.1) is 0 Å². The normalized spacial score (nSPS) is 19.1. The second kappa shape index (κ2) is 7.18. The van der Waals surface area contributed by atoms with Crippen LogP contribution in [0.1, 0.15) is 16.8 Å². The lowest BCUT2D eigenvalue weighted by Gasteiger charge is -2.12. The van der Waals surface area contributed by atoms with Crippen LogP contribution >= 0.6 is 11.6 Å². The van der Waals surface area contributed by atoms with E-state index in [1.54, 1.807) is 6.07 Å². The fraction of sp³-hybridized carbons (Fsp3) is 0.429. The molecule has 1 aromatic carbocycles. The first kappa shape index (κ1) is 17.6. The van der Waals surface area contributed by atoms with Crippen molar-refractivity contribution in [2.75, 3.05) is 30.5 Å². The molecule has 1 aromatic rings. The summed E-state index contributed by atoms with van der Waals surface area (Å²) in [5, 5.41) is 5.41. The summed E-state index contributed by atoms with van der Waals surface area (Å²) in [6, 6.07) is 3.96. The van der Waals surface area contributed by atoms with Crippen LogP contribution in [0.3, 0.4) is 0 Å². The molecule has 0 radical (unpaired) electrons. The molecule has 1 atom stereocenters. The molecule has 126 valence electrons. The molecule has 0 aromatic heterocycles. The minimum Gasteiger partial charge on any atom is -0.465 e. The van der Waals surface area contributed by atoms with E-state index in [1.807, 2.05) is 0 Å². The summed E-state index contributed by atoms with van der Waals surface area (Å²) in [5.74, 6) is -0.404. The van der Waals surface area contributed by atoms with E-state index < -0.39 is 21.8 Å². The van der Waals surface area contributed by atoms with Crippen LogP contribution in [-0.2, 0) is 14.6 Å². The second-order valence-corrected chi connectivity index (χ2v) is 7.93. The van der Waals surface area contributed by atoms with Gasteiger partial charge < -0.3 is 15.4 Å².